The first-order valence-electron chi connectivity index (χ1n) is 6.82. The fourth-order valence-corrected chi connectivity index (χ4v) is 3.44. The summed E-state index contributed by atoms with van der Waals surface area (Å²) in [6.45, 7) is 4.00. The van der Waals surface area contributed by atoms with Gasteiger partial charge in [-0.05, 0) is 38.3 Å². The number of para-hydroxylation sites is 1. The zero-order valence-electron chi connectivity index (χ0n) is 11.9. The molecule has 0 spiro atoms. The van der Waals surface area contributed by atoms with Crippen LogP contribution in [0.15, 0.2) is 24.3 Å². The maximum atomic E-state index is 5.93. The summed E-state index contributed by atoms with van der Waals surface area (Å²) in [5, 5.41) is 0. The summed E-state index contributed by atoms with van der Waals surface area (Å²) in [6, 6.07) is 8.28. The van der Waals surface area contributed by atoms with Crippen LogP contribution in [0.3, 0.4) is 0 Å². The second kappa shape index (κ2) is 6.64. The average Bonchev–Trinajstić information content (AvgIpc) is 2.49. The summed E-state index contributed by atoms with van der Waals surface area (Å²) in [4.78, 5) is 2.50. The first kappa shape index (κ1) is 14.7. The molecule has 106 valence electrons. The van der Waals surface area contributed by atoms with Crippen molar-refractivity contribution in [3.8, 4) is 5.75 Å². The van der Waals surface area contributed by atoms with Crippen LogP contribution >= 0.6 is 11.8 Å². The summed E-state index contributed by atoms with van der Waals surface area (Å²) >= 11 is 1.93. The van der Waals surface area contributed by atoms with Gasteiger partial charge in [-0.15, -0.1) is 0 Å². The Morgan fingerprint density at radius 2 is 2.00 bits per heavy atom. The van der Waals surface area contributed by atoms with Gasteiger partial charge < -0.3 is 10.5 Å². The van der Waals surface area contributed by atoms with Gasteiger partial charge >= 0.3 is 0 Å². The second-order valence-corrected chi connectivity index (χ2v) is 6.45. The highest BCUT2D eigenvalue weighted by atomic mass is 32.2. The molecule has 1 fully saturated rings. The minimum absolute atomic E-state index is 0.303. The van der Waals surface area contributed by atoms with E-state index >= 15 is 0 Å². The minimum Gasteiger partial charge on any atom is -0.496 e. The highest BCUT2D eigenvalue weighted by Crippen LogP contribution is 2.34. The van der Waals surface area contributed by atoms with Crippen molar-refractivity contribution < 1.29 is 4.74 Å². The molecule has 4 heteroatoms. The molecule has 0 bridgehead atoms. The molecule has 1 heterocycles. The van der Waals surface area contributed by atoms with Crippen LogP contribution in [0.2, 0.25) is 0 Å². The number of hydrogen-bond donors (Lipinski definition) is 1. The van der Waals surface area contributed by atoms with Gasteiger partial charge in [0.05, 0.1) is 7.11 Å². The van der Waals surface area contributed by atoms with Gasteiger partial charge in [-0.1, -0.05) is 18.2 Å². The van der Waals surface area contributed by atoms with Gasteiger partial charge in [-0.2, -0.15) is 11.8 Å². The molecule has 0 aliphatic carbocycles. The number of thioether (sulfide) groups is 1. The van der Waals surface area contributed by atoms with E-state index in [1.165, 1.54) is 18.4 Å². The Kier molecular flexibility index (Phi) is 5.13. The first-order valence-corrected chi connectivity index (χ1v) is 8.05. The number of nitrogens with two attached hydrogens (primary N) is 1. The van der Waals surface area contributed by atoms with Crippen LogP contribution in [0.4, 0.5) is 0 Å². The number of benzene rings is 1. The third kappa shape index (κ3) is 3.44. The van der Waals surface area contributed by atoms with Crippen LogP contribution in [-0.2, 0) is 6.54 Å². The van der Waals surface area contributed by atoms with E-state index in [9.17, 15) is 0 Å². The summed E-state index contributed by atoms with van der Waals surface area (Å²) in [5.41, 5.74) is 7.21. The molecule has 2 N–H and O–H groups in total. The Labute approximate surface area is 120 Å². The van der Waals surface area contributed by atoms with Crippen LogP contribution in [0.1, 0.15) is 18.4 Å². The van der Waals surface area contributed by atoms with Crippen LogP contribution < -0.4 is 10.5 Å². The fourth-order valence-electron chi connectivity index (χ4n) is 2.68. The van der Waals surface area contributed by atoms with Crippen LogP contribution in [0, 0.1) is 0 Å². The fraction of sp³-hybridized carbons (Fsp3) is 0.600. The zero-order chi connectivity index (χ0) is 13.7. The van der Waals surface area contributed by atoms with E-state index in [0.29, 0.717) is 4.75 Å². The normalized spacial score (nSPS) is 19.3. The number of likely N-dealkylation sites (tertiary alicyclic amines) is 1. The number of hydrogen-bond acceptors (Lipinski definition) is 4. The lowest BCUT2D eigenvalue weighted by atomic mass is 9.95. The zero-order valence-corrected chi connectivity index (χ0v) is 12.7. The third-order valence-electron chi connectivity index (χ3n) is 4.16. The smallest absolute Gasteiger partial charge is 0.123 e. The van der Waals surface area contributed by atoms with Gasteiger partial charge in [0.2, 0.25) is 0 Å². The molecule has 1 saturated heterocycles. The van der Waals surface area contributed by atoms with E-state index < -0.39 is 0 Å². The number of piperidine rings is 1. The molecule has 0 aromatic heterocycles. The Bertz CT molecular complexity index is 397. The molecule has 19 heavy (non-hydrogen) atoms. The number of nitrogens with zero attached hydrogens (tertiary/aromatic N) is 1. The van der Waals surface area contributed by atoms with E-state index in [1.54, 1.807) is 7.11 Å². The molecule has 1 aliphatic heterocycles. The lowest BCUT2D eigenvalue weighted by Crippen LogP contribution is -2.46. The molecule has 0 unspecified atom stereocenters. The van der Waals surface area contributed by atoms with Gasteiger partial charge in [0.1, 0.15) is 5.75 Å². The molecule has 1 aromatic rings. The first-order chi connectivity index (χ1) is 9.23. The van der Waals surface area contributed by atoms with Crippen molar-refractivity contribution in [1.29, 1.82) is 0 Å². The van der Waals surface area contributed by atoms with Crippen molar-refractivity contribution in [3.05, 3.63) is 29.8 Å². The third-order valence-corrected chi connectivity index (χ3v) is 5.60. The summed E-state index contributed by atoms with van der Waals surface area (Å²) in [7, 11) is 1.74. The number of rotatable bonds is 5. The lowest BCUT2D eigenvalue weighted by molar-refractivity contribution is 0.193. The Hall–Kier alpha value is -0.710. The van der Waals surface area contributed by atoms with Crippen molar-refractivity contribution in [2.75, 3.05) is 33.0 Å². The molecule has 1 aliphatic rings. The molecule has 2 rings (SSSR count). The van der Waals surface area contributed by atoms with E-state index in [2.05, 4.69) is 23.3 Å². The van der Waals surface area contributed by atoms with Crippen LogP contribution in [-0.4, -0.2) is 42.6 Å². The molecule has 1 aromatic carbocycles. The SMILES string of the molecule is COc1ccccc1CN1CCC(CN)(SC)CC1. The largest absolute Gasteiger partial charge is 0.496 e. The maximum absolute atomic E-state index is 5.93. The standard InChI is InChI=1S/C15H24N2OS/c1-18-14-6-4-3-5-13(14)11-17-9-7-15(12-16,19-2)8-10-17/h3-6H,7-12,16H2,1-2H3. The highest BCUT2D eigenvalue weighted by Gasteiger charge is 2.32. The van der Waals surface area contributed by atoms with E-state index in [-0.39, 0.29) is 0 Å². The summed E-state index contributed by atoms with van der Waals surface area (Å²) < 4.78 is 5.72. The van der Waals surface area contributed by atoms with Crippen molar-refractivity contribution >= 4 is 11.8 Å². The molecule has 0 saturated carbocycles. The predicted molar refractivity (Wildman–Crippen MR) is 82.8 cm³/mol. The molecule has 0 amide bonds. The molecule has 3 nitrogen and oxygen atoms in total. The van der Waals surface area contributed by atoms with Crippen LogP contribution in [0.25, 0.3) is 0 Å². The van der Waals surface area contributed by atoms with Gasteiger partial charge in [0, 0.05) is 23.4 Å². The van der Waals surface area contributed by atoms with Crippen molar-refractivity contribution in [1.82, 2.24) is 4.90 Å². The Morgan fingerprint density at radius 3 is 2.58 bits per heavy atom. The molecule has 0 atom stereocenters. The Balaban J connectivity index is 1.95. The quantitative estimate of drug-likeness (QED) is 0.898. The van der Waals surface area contributed by atoms with Crippen LogP contribution in [0.5, 0.6) is 5.75 Å². The van der Waals surface area contributed by atoms with Gasteiger partial charge in [-0.3, -0.25) is 4.90 Å². The highest BCUT2D eigenvalue weighted by molar-refractivity contribution is 8.00. The van der Waals surface area contributed by atoms with Crippen molar-refractivity contribution in [3.63, 3.8) is 0 Å². The number of methoxy groups -OCH3 is 1. The van der Waals surface area contributed by atoms with E-state index in [4.69, 9.17) is 10.5 Å². The maximum Gasteiger partial charge on any atom is 0.123 e. The van der Waals surface area contributed by atoms with E-state index in [1.807, 2.05) is 23.9 Å². The Morgan fingerprint density at radius 1 is 1.32 bits per heavy atom. The van der Waals surface area contributed by atoms with Gasteiger partial charge in [-0.25, -0.2) is 0 Å². The monoisotopic (exact) mass is 280 g/mol. The topological polar surface area (TPSA) is 38.5 Å². The van der Waals surface area contributed by atoms with Crippen molar-refractivity contribution in [2.24, 2.45) is 5.73 Å². The minimum atomic E-state index is 0.303. The van der Waals surface area contributed by atoms with Gasteiger partial charge in [0.25, 0.3) is 0 Å². The predicted octanol–water partition coefficient (Wildman–Crippen LogP) is 2.35. The average molecular weight is 280 g/mol. The summed E-state index contributed by atoms with van der Waals surface area (Å²) in [6.07, 6.45) is 4.54. The molecular formula is C15H24N2OS. The van der Waals surface area contributed by atoms with Crippen molar-refractivity contribution in [2.45, 2.75) is 24.1 Å². The number of ether oxygens (including phenoxy) is 1. The van der Waals surface area contributed by atoms with Gasteiger partial charge in [0.15, 0.2) is 0 Å². The molecule has 0 radical (unpaired) electrons. The summed E-state index contributed by atoms with van der Waals surface area (Å²) in [5.74, 6) is 0.989. The lowest BCUT2D eigenvalue weighted by Gasteiger charge is -2.40. The molecular weight excluding hydrogens is 256 g/mol. The second-order valence-electron chi connectivity index (χ2n) is 5.18. The van der Waals surface area contributed by atoms with E-state index in [0.717, 1.165) is 31.9 Å².